The summed E-state index contributed by atoms with van der Waals surface area (Å²) < 4.78 is 3.43. The summed E-state index contributed by atoms with van der Waals surface area (Å²) in [6.45, 7) is 0.702. The van der Waals surface area contributed by atoms with Crippen LogP contribution in [0.2, 0.25) is 0 Å². The summed E-state index contributed by atoms with van der Waals surface area (Å²) in [5.74, 6) is 0. The highest BCUT2D eigenvalue weighted by Crippen LogP contribution is 2.27. The van der Waals surface area contributed by atoms with Crippen molar-refractivity contribution >= 4 is 27.3 Å². The maximum atomic E-state index is 4.92. The Morgan fingerprint density at radius 1 is 1.00 bits per heavy atom. The molecule has 1 aliphatic heterocycles. The molecule has 0 bridgehead atoms. The van der Waals surface area contributed by atoms with Gasteiger partial charge in [0.05, 0.1) is 39.4 Å². The van der Waals surface area contributed by atoms with Gasteiger partial charge in [-0.2, -0.15) is 0 Å². The van der Waals surface area contributed by atoms with Crippen molar-refractivity contribution < 1.29 is 0 Å². The van der Waals surface area contributed by atoms with Gasteiger partial charge in [0.2, 0.25) is 0 Å². The van der Waals surface area contributed by atoms with Crippen LogP contribution in [0.4, 0.5) is 0 Å². The predicted octanol–water partition coefficient (Wildman–Crippen LogP) is 4.44. The summed E-state index contributed by atoms with van der Waals surface area (Å²) in [7, 11) is 0. The van der Waals surface area contributed by atoms with Crippen molar-refractivity contribution in [3.05, 3.63) is 83.1 Å². The lowest BCUT2D eigenvalue weighted by Gasteiger charge is -2.10. The Kier molecular flexibility index (Phi) is 2.72. The van der Waals surface area contributed by atoms with E-state index in [4.69, 9.17) is 4.99 Å². The standard InChI is InChI=1S/C19H13N3S/c1-2-5-16-14(4-1)11-20-19(17-6-3-9-22(16)17)13-7-8-15-18(10-13)23-12-21-15/h1-10,12H,11H2. The van der Waals surface area contributed by atoms with Crippen LogP contribution in [0.15, 0.2) is 71.3 Å². The largest absolute Gasteiger partial charge is 0.315 e. The van der Waals surface area contributed by atoms with Gasteiger partial charge in [0.15, 0.2) is 0 Å². The molecule has 3 heterocycles. The van der Waals surface area contributed by atoms with Gasteiger partial charge in [-0.1, -0.05) is 24.3 Å². The van der Waals surface area contributed by atoms with E-state index in [2.05, 4.69) is 70.3 Å². The number of para-hydroxylation sites is 1. The van der Waals surface area contributed by atoms with E-state index in [9.17, 15) is 0 Å². The molecule has 110 valence electrons. The zero-order valence-electron chi connectivity index (χ0n) is 12.3. The third kappa shape index (κ3) is 1.95. The maximum Gasteiger partial charge on any atom is 0.0891 e. The number of aromatic nitrogens is 2. The number of thiazole rings is 1. The van der Waals surface area contributed by atoms with E-state index in [-0.39, 0.29) is 0 Å². The van der Waals surface area contributed by atoms with Gasteiger partial charge in [0, 0.05) is 11.8 Å². The molecule has 0 radical (unpaired) electrons. The number of nitrogens with zero attached hydrogens (tertiary/aromatic N) is 3. The Balaban J connectivity index is 1.74. The molecule has 5 rings (SSSR count). The first kappa shape index (κ1) is 12.8. The summed E-state index contributed by atoms with van der Waals surface area (Å²) in [4.78, 5) is 9.28. The van der Waals surface area contributed by atoms with Crippen LogP contribution >= 0.6 is 11.3 Å². The lowest BCUT2D eigenvalue weighted by molar-refractivity contribution is 1.02. The number of hydrogen-bond donors (Lipinski definition) is 0. The molecular weight excluding hydrogens is 302 g/mol. The number of fused-ring (bicyclic) bond motifs is 4. The number of rotatable bonds is 1. The number of benzene rings is 2. The summed E-state index contributed by atoms with van der Waals surface area (Å²) in [5.41, 5.74) is 8.73. The molecule has 4 heteroatoms. The van der Waals surface area contributed by atoms with E-state index in [0.29, 0.717) is 6.54 Å². The van der Waals surface area contributed by atoms with E-state index in [1.807, 2.05) is 5.51 Å². The molecule has 23 heavy (non-hydrogen) atoms. The zero-order chi connectivity index (χ0) is 15.2. The van der Waals surface area contributed by atoms with Crippen molar-refractivity contribution in [1.82, 2.24) is 9.55 Å². The summed E-state index contributed by atoms with van der Waals surface area (Å²) in [6, 6.07) is 19.1. The fourth-order valence-corrected chi connectivity index (χ4v) is 3.87. The number of aliphatic imine (C=N–C) groups is 1. The predicted molar refractivity (Wildman–Crippen MR) is 94.7 cm³/mol. The highest BCUT2D eigenvalue weighted by atomic mass is 32.1. The van der Waals surface area contributed by atoms with Gasteiger partial charge in [0.25, 0.3) is 0 Å². The molecule has 0 aliphatic carbocycles. The Morgan fingerprint density at radius 2 is 1.96 bits per heavy atom. The fraction of sp³-hybridized carbons (Fsp3) is 0.0526. The molecule has 2 aromatic heterocycles. The quantitative estimate of drug-likeness (QED) is 0.511. The molecule has 0 saturated carbocycles. The Hall–Kier alpha value is -2.72. The van der Waals surface area contributed by atoms with E-state index < -0.39 is 0 Å². The lowest BCUT2D eigenvalue weighted by Crippen LogP contribution is -2.08. The van der Waals surface area contributed by atoms with Crippen LogP contribution < -0.4 is 0 Å². The molecular formula is C19H13N3S. The van der Waals surface area contributed by atoms with Gasteiger partial charge in [-0.25, -0.2) is 4.98 Å². The van der Waals surface area contributed by atoms with Gasteiger partial charge >= 0.3 is 0 Å². The van der Waals surface area contributed by atoms with Crippen LogP contribution in [0, 0.1) is 0 Å². The molecule has 1 aliphatic rings. The van der Waals surface area contributed by atoms with Crippen LogP contribution in [0.3, 0.4) is 0 Å². The van der Waals surface area contributed by atoms with Crippen LogP contribution in [-0.2, 0) is 6.54 Å². The van der Waals surface area contributed by atoms with Crippen molar-refractivity contribution in [2.75, 3.05) is 0 Å². The van der Waals surface area contributed by atoms with Crippen molar-refractivity contribution in [3.8, 4) is 5.69 Å². The molecule has 0 N–H and O–H groups in total. The normalized spacial score (nSPS) is 13.3. The third-order valence-electron chi connectivity index (χ3n) is 4.25. The average molecular weight is 315 g/mol. The van der Waals surface area contributed by atoms with Gasteiger partial charge in [-0.05, 0) is 35.9 Å². The van der Waals surface area contributed by atoms with Crippen molar-refractivity contribution in [3.63, 3.8) is 0 Å². The Labute approximate surface area is 137 Å². The first-order valence-corrected chi connectivity index (χ1v) is 8.42. The van der Waals surface area contributed by atoms with E-state index in [1.54, 1.807) is 11.3 Å². The Bertz CT molecular complexity index is 1060. The average Bonchev–Trinajstić information content (AvgIpc) is 3.22. The minimum absolute atomic E-state index is 0.702. The maximum absolute atomic E-state index is 4.92. The summed E-state index contributed by atoms with van der Waals surface area (Å²) in [5, 5.41) is 0. The minimum atomic E-state index is 0.702. The fourth-order valence-electron chi connectivity index (χ4n) is 3.15. The Morgan fingerprint density at radius 3 is 2.96 bits per heavy atom. The topological polar surface area (TPSA) is 30.2 Å². The van der Waals surface area contributed by atoms with E-state index >= 15 is 0 Å². The summed E-state index contributed by atoms with van der Waals surface area (Å²) in [6.07, 6.45) is 2.11. The molecule has 0 amide bonds. The monoisotopic (exact) mass is 315 g/mol. The molecule has 4 aromatic rings. The molecule has 0 unspecified atom stereocenters. The van der Waals surface area contributed by atoms with Crippen molar-refractivity contribution in [1.29, 1.82) is 0 Å². The van der Waals surface area contributed by atoms with Crippen molar-refractivity contribution in [2.45, 2.75) is 6.54 Å². The van der Waals surface area contributed by atoms with Gasteiger partial charge in [-0.15, -0.1) is 11.3 Å². The molecule has 3 nitrogen and oxygen atoms in total. The van der Waals surface area contributed by atoms with Gasteiger partial charge < -0.3 is 4.57 Å². The summed E-state index contributed by atoms with van der Waals surface area (Å²) >= 11 is 1.67. The van der Waals surface area contributed by atoms with Gasteiger partial charge in [0.1, 0.15) is 0 Å². The molecule has 0 fully saturated rings. The molecule has 0 spiro atoms. The second-order valence-corrected chi connectivity index (χ2v) is 6.48. The first-order chi connectivity index (χ1) is 11.4. The van der Waals surface area contributed by atoms with Gasteiger partial charge in [-0.3, -0.25) is 4.99 Å². The highest BCUT2D eigenvalue weighted by Gasteiger charge is 2.18. The molecule has 0 saturated heterocycles. The number of hydrogen-bond acceptors (Lipinski definition) is 3. The second kappa shape index (κ2) is 4.89. The van der Waals surface area contributed by atoms with Crippen LogP contribution in [0.1, 0.15) is 16.8 Å². The second-order valence-electron chi connectivity index (χ2n) is 5.59. The van der Waals surface area contributed by atoms with Crippen LogP contribution in [-0.4, -0.2) is 15.3 Å². The molecule has 0 atom stereocenters. The molecule has 2 aromatic carbocycles. The lowest BCUT2D eigenvalue weighted by atomic mass is 10.1. The first-order valence-electron chi connectivity index (χ1n) is 7.54. The minimum Gasteiger partial charge on any atom is -0.315 e. The van der Waals surface area contributed by atoms with E-state index in [0.717, 1.165) is 22.5 Å². The van der Waals surface area contributed by atoms with Crippen LogP contribution in [0.5, 0.6) is 0 Å². The van der Waals surface area contributed by atoms with Crippen molar-refractivity contribution in [2.24, 2.45) is 4.99 Å². The smallest absolute Gasteiger partial charge is 0.0891 e. The van der Waals surface area contributed by atoms with Crippen LogP contribution in [0.25, 0.3) is 15.9 Å². The van der Waals surface area contributed by atoms with E-state index in [1.165, 1.54) is 16.0 Å². The third-order valence-corrected chi connectivity index (χ3v) is 5.05. The SMILES string of the molecule is c1ccc2c(c1)CN=C(c1ccc3ncsc3c1)c1cccn1-2. The zero-order valence-corrected chi connectivity index (χ0v) is 13.1. The highest BCUT2D eigenvalue weighted by molar-refractivity contribution is 7.16.